The lowest BCUT2D eigenvalue weighted by Gasteiger charge is -2.16. The SMILES string of the molecule is O=C1NCCN/C1=C/C(=O)c1cccc(Br)c1. The van der Waals surface area contributed by atoms with Crippen molar-refractivity contribution in [3.05, 3.63) is 46.1 Å². The van der Waals surface area contributed by atoms with Gasteiger partial charge in [0.25, 0.3) is 5.91 Å². The van der Waals surface area contributed by atoms with Crippen molar-refractivity contribution in [2.24, 2.45) is 0 Å². The Labute approximate surface area is 107 Å². The van der Waals surface area contributed by atoms with Gasteiger partial charge in [0, 0.05) is 29.2 Å². The van der Waals surface area contributed by atoms with Crippen LogP contribution in [0.3, 0.4) is 0 Å². The lowest BCUT2D eigenvalue weighted by Crippen LogP contribution is -2.43. The van der Waals surface area contributed by atoms with Gasteiger partial charge in [0.05, 0.1) is 0 Å². The van der Waals surface area contributed by atoms with Gasteiger partial charge < -0.3 is 10.6 Å². The van der Waals surface area contributed by atoms with E-state index < -0.39 is 0 Å². The molecule has 0 unspecified atom stereocenters. The Kier molecular flexibility index (Phi) is 3.58. The van der Waals surface area contributed by atoms with E-state index in [1.165, 1.54) is 6.08 Å². The quantitative estimate of drug-likeness (QED) is 0.637. The average Bonchev–Trinajstić information content (AvgIpc) is 2.32. The van der Waals surface area contributed by atoms with E-state index in [0.717, 1.165) is 4.47 Å². The van der Waals surface area contributed by atoms with Crippen LogP contribution in [0.25, 0.3) is 0 Å². The van der Waals surface area contributed by atoms with E-state index in [2.05, 4.69) is 26.6 Å². The third kappa shape index (κ3) is 2.94. The van der Waals surface area contributed by atoms with Crippen LogP contribution in [0.4, 0.5) is 0 Å². The molecule has 0 atom stereocenters. The first-order valence-corrected chi connectivity index (χ1v) is 6.00. The van der Waals surface area contributed by atoms with Crippen molar-refractivity contribution in [2.45, 2.75) is 0 Å². The summed E-state index contributed by atoms with van der Waals surface area (Å²) in [5, 5.41) is 5.57. The molecule has 1 amide bonds. The molecular formula is C12H11BrN2O2. The minimum Gasteiger partial charge on any atom is -0.379 e. The number of hydrogen-bond acceptors (Lipinski definition) is 3. The molecule has 1 saturated heterocycles. The summed E-state index contributed by atoms with van der Waals surface area (Å²) in [5.41, 5.74) is 0.869. The van der Waals surface area contributed by atoms with Crippen LogP contribution in [-0.2, 0) is 4.79 Å². The van der Waals surface area contributed by atoms with Crippen molar-refractivity contribution in [3.63, 3.8) is 0 Å². The minimum atomic E-state index is -0.236. The molecule has 88 valence electrons. The number of amides is 1. The van der Waals surface area contributed by atoms with Gasteiger partial charge in [0.1, 0.15) is 5.70 Å². The number of nitrogens with one attached hydrogen (secondary N) is 2. The van der Waals surface area contributed by atoms with Crippen LogP contribution >= 0.6 is 15.9 Å². The molecule has 1 aromatic rings. The Balaban J connectivity index is 2.21. The van der Waals surface area contributed by atoms with Crippen molar-refractivity contribution in [1.82, 2.24) is 10.6 Å². The summed E-state index contributed by atoms with van der Waals surface area (Å²) >= 11 is 3.30. The van der Waals surface area contributed by atoms with Crippen molar-refractivity contribution in [2.75, 3.05) is 13.1 Å². The second kappa shape index (κ2) is 5.14. The van der Waals surface area contributed by atoms with Crippen LogP contribution in [0, 0.1) is 0 Å². The van der Waals surface area contributed by atoms with E-state index in [-0.39, 0.29) is 11.7 Å². The van der Waals surface area contributed by atoms with Gasteiger partial charge in [-0.2, -0.15) is 0 Å². The highest BCUT2D eigenvalue weighted by Crippen LogP contribution is 2.13. The second-order valence-corrected chi connectivity index (χ2v) is 4.53. The minimum absolute atomic E-state index is 0.189. The van der Waals surface area contributed by atoms with Gasteiger partial charge in [-0.15, -0.1) is 0 Å². The summed E-state index contributed by atoms with van der Waals surface area (Å²) in [5.74, 6) is -0.426. The van der Waals surface area contributed by atoms with Gasteiger partial charge in [-0.25, -0.2) is 0 Å². The molecule has 1 aromatic carbocycles. The largest absolute Gasteiger partial charge is 0.379 e. The van der Waals surface area contributed by atoms with E-state index in [1.54, 1.807) is 18.2 Å². The first kappa shape index (κ1) is 11.9. The second-order valence-electron chi connectivity index (χ2n) is 3.62. The summed E-state index contributed by atoms with van der Waals surface area (Å²) in [7, 11) is 0. The number of allylic oxidation sites excluding steroid dienone is 1. The standard InChI is InChI=1S/C12H11BrN2O2/c13-9-3-1-2-8(6-9)11(16)7-10-12(17)15-5-4-14-10/h1-3,6-7,14H,4-5H2,(H,15,17)/b10-7+. The van der Waals surface area contributed by atoms with Crippen molar-refractivity contribution < 1.29 is 9.59 Å². The molecule has 2 N–H and O–H groups in total. The molecule has 1 aliphatic heterocycles. The van der Waals surface area contributed by atoms with E-state index in [1.807, 2.05) is 6.07 Å². The molecule has 1 aliphatic rings. The van der Waals surface area contributed by atoms with Gasteiger partial charge in [0.15, 0.2) is 5.78 Å². The maximum absolute atomic E-state index is 11.9. The van der Waals surface area contributed by atoms with Gasteiger partial charge in [0.2, 0.25) is 0 Å². The fourth-order valence-electron chi connectivity index (χ4n) is 1.52. The Morgan fingerprint density at radius 1 is 1.29 bits per heavy atom. The van der Waals surface area contributed by atoms with E-state index in [9.17, 15) is 9.59 Å². The molecule has 0 spiro atoms. The van der Waals surface area contributed by atoms with Crippen LogP contribution in [-0.4, -0.2) is 24.8 Å². The molecule has 0 bridgehead atoms. The smallest absolute Gasteiger partial charge is 0.267 e. The summed E-state index contributed by atoms with van der Waals surface area (Å²) in [4.78, 5) is 23.3. The molecule has 0 saturated carbocycles. The number of benzene rings is 1. The Hall–Kier alpha value is -1.62. The number of halogens is 1. The maximum atomic E-state index is 11.9. The summed E-state index contributed by atoms with van der Waals surface area (Å²) in [6.45, 7) is 1.23. The monoisotopic (exact) mass is 294 g/mol. The molecule has 17 heavy (non-hydrogen) atoms. The number of carbonyl (C=O) groups is 2. The molecule has 0 aliphatic carbocycles. The third-order valence-corrected chi connectivity index (χ3v) is 2.85. The zero-order valence-corrected chi connectivity index (χ0v) is 10.6. The summed E-state index contributed by atoms with van der Waals surface area (Å²) < 4.78 is 0.836. The van der Waals surface area contributed by atoms with Crippen molar-refractivity contribution in [1.29, 1.82) is 0 Å². The Bertz CT molecular complexity index is 497. The first-order valence-electron chi connectivity index (χ1n) is 5.20. The topological polar surface area (TPSA) is 58.2 Å². The van der Waals surface area contributed by atoms with Gasteiger partial charge in [-0.1, -0.05) is 28.1 Å². The highest BCUT2D eigenvalue weighted by atomic mass is 79.9. The maximum Gasteiger partial charge on any atom is 0.267 e. The molecule has 1 fully saturated rings. The molecule has 5 heteroatoms. The van der Waals surface area contributed by atoms with Crippen LogP contribution in [0.2, 0.25) is 0 Å². The Morgan fingerprint density at radius 3 is 2.76 bits per heavy atom. The fraction of sp³-hybridized carbons (Fsp3) is 0.167. The van der Waals surface area contributed by atoms with Crippen molar-refractivity contribution in [3.8, 4) is 0 Å². The zero-order valence-electron chi connectivity index (χ0n) is 9.00. The number of ketones is 1. The van der Waals surface area contributed by atoms with E-state index in [0.29, 0.717) is 24.4 Å². The third-order valence-electron chi connectivity index (χ3n) is 2.36. The average molecular weight is 295 g/mol. The molecule has 4 nitrogen and oxygen atoms in total. The Morgan fingerprint density at radius 2 is 2.06 bits per heavy atom. The van der Waals surface area contributed by atoms with Crippen LogP contribution in [0.1, 0.15) is 10.4 Å². The normalized spacial score (nSPS) is 17.5. The molecule has 0 radical (unpaired) electrons. The number of rotatable bonds is 2. The number of carbonyl (C=O) groups excluding carboxylic acids is 2. The number of piperazine rings is 1. The summed E-state index contributed by atoms with van der Waals surface area (Å²) in [6.07, 6.45) is 1.33. The fourth-order valence-corrected chi connectivity index (χ4v) is 1.92. The molecular weight excluding hydrogens is 284 g/mol. The predicted molar refractivity (Wildman–Crippen MR) is 67.6 cm³/mol. The lowest BCUT2D eigenvalue weighted by atomic mass is 10.1. The van der Waals surface area contributed by atoms with Crippen LogP contribution < -0.4 is 10.6 Å². The summed E-state index contributed by atoms with van der Waals surface area (Å²) in [6, 6.07) is 7.06. The van der Waals surface area contributed by atoms with Gasteiger partial charge in [-0.3, -0.25) is 9.59 Å². The van der Waals surface area contributed by atoms with Gasteiger partial charge in [-0.05, 0) is 12.1 Å². The molecule has 2 rings (SSSR count). The van der Waals surface area contributed by atoms with Crippen LogP contribution in [0.15, 0.2) is 40.5 Å². The highest BCUT2D eigenvalue weighted by Gasteiger charge is 2.15. The highest BCUT2D eigenvalue weighted by molar-refractivity contribution is 9.10. The molecule has 0 aromatic heterocycles. The van der Waals surface area contributed by atoms with E-state index in [4.69, 9.17) is 0 Å². The number of hydrogen-bond donors (Lipinski definition) is 2. The van der Waals surface area contributed by atoms with Gasteiger partial charge >= 0.3 is 0 Å². The van der Waals surface area contributed by atoms with Crippen molar-refractivity contribution >= 4 is 27.6 Å². The zero-order chi connectivity index (χ0) is 12.3. The van der Waals surface area contributed by atoms with E-state index >= 15 is 0 Å². The van der Waals surface area contributed by atoms with Crippen LogP contribution in [0.5, 0.6) is 0 Å². The predicted octanol–water partition coefficient (Wildman–Crippen LogP) is 1.24. The lowest BCUT2D eigenvalue weighted by molar-refractivity contribution is -0.118. The first-order chi connectivity index (χ1) is 8.16. The molecule has 1 heterocycles.